The molecule has 108 valence electrons. The third-order valence-corrected chi connectivity index (χ3v) is 4.56. The van der Waals surface area contributed by atoms with Crippen molar-refractivity contribution < 1.29 is 9.90 Å². The molecule has 0 aromatic heterocycles. The molecule has 2 rings (SSSR count). The molecule has 0 aliphatic carbocycles. The van der Waals surface area contributed by atoms with Gasteiger partial charge in [0.1, 0.15) is 5.60 Å². The summed E-state index contributed by atoms with van der Waals surface area (Å²) in [4.78, 5) is 13.7. The molecule has 1 heterocycles. The van der Waals surface area contributed by atoms with Gasteiger partial charge in [-0.25, -0.2) is 0 Å². The number of carbonyl (C=O) groups is 1. The highest BCUT2D eigenvalue weighted by molar-refractivity contribution is 9.10. The van der Waals surface area contributed by atoms with E-state index in [1.807, 2.05) is 39.0 Å². The van der Waals surface area contributed by atoms with Crippen LogP contribution < -0.4 is 0 Å². The maximum Gasteiger partial charge on any atom is 0.246 e. The highest BCUT2D eigenvalue weighted by Crippen LogP contribution is 2.29. The molecule has 0 radical (unpaired) electrons. The van der Waals surface area contributed by atoms with Gasteiger partial charge in [-0.05, 0) is 36.1 Å². The number of aryl methyl sites for hydroxylation is 1. The van der Waals surface area contributed by atoms with Crippen molar-refractivity contribution in [2.75, 3.05) is 13.1 Å². The Labute approximate surface area is 128 Å². The molecule has 1 aromatic carbocycles. The summed E-state index contributed by atoms with van der Waals surface area (Å²) in [6.45, 7) is 6.81. The monoisotopic (exact) mass is 337 g/mol. The molecule has 1 N–H and O–H groups in total. The number of nitrogens with zero attached hydrogens (tertiary/aromatic N) is 1. The molecule has 1 aromatic rings. The number of rotatable bonds is 3. The molecule has 1 saturated heterocycles. The number of likely N-dealkylation sites (tertiary alicyclic amines) is 1. The fraction of sp³-hybridized carbons (Fsp3) is 0.438. The summed E-state index contributed by atoms with van der Waals surface area (Å²) in [5.41, 5.74) is 1.43. The predicted molar refractivity (Wildman–Crippen MR) is 84.3 cm³/mol. The van der Waals surface area contributed by atoms with E-state index < -0.39 is 5.60 Å². The van der Waals surface area contributed by atoms with Crippen LogP contribution in [0.1, 0.15) is 25.0 Å². The number of halogens is 1. The highest BCUT2D eigenvalue weighted by Gasteiger charge is 2.45. The number of β-amino-alcohol motifs (C(OH)–C–C–N with tert-alkyl or cyclic N) is 1. The quantitative estimate of drug-likeness (QED) is 0.861. The molecule has 0 spiro atoms. The van der Waals surface area contributed by atoms with Gasteiger partial charge in [-0.15, -0.1) is 0 Å². The van der Waals surface area contributed by atoms with Gasteiger partial charge in [-0.1, -0.05) is 41.9 Å². The van der Waals surface area contributed by atoms with Gasteiger partial charge < -0.3 is 10.0 Å². The van der Waals surface area contributed by atoms with Crippen LogP contribution in [-0.2, 0) is 4.79 Å². The third-order valence-electron chi connectivity index (χ3n) is 3.88. The van der Waals surface area contributed by atoms with Crippen LogP contribution in [-0.4, -0.2) is 34.6 Å². The normalized spacial score (nSPS) is 17.6. The fourth-order valence-electron chi connectivity index (χ4n) is 2.17. The number of amides is 1. The SMILES string of the molecule is Cc1ccc(C=CC(=O)N2CC(O)(C(C)C)C2)c(Br)c1. The van der Waals surface area contributed by atoms with Crippen molar-refractivity contribution in [3.8, 4) is 0 Å². The van der Waals surface area contributed by atoms with Crippen LogP contribution in [0.15, 0.2) is 28.7 Å². The van der Waals surface area contributed by atoms with Crippen molar-refractivity contribution in [3.63, 3.8) is 0 Å². The maximum absolute atomic E-state index is 12.0. The van der Waals surface area contributed by atoms with Gasteiger partial charge in [-0.2, -0.15) is 0 Å². The van der Waals surface area contributed by atoms with E-state index in [1.54, 1.807) is 17.1 Å². The average Bonchev–Trinajstić information content (AvgIpc) is 2.33. The van der Waals surface area contributed by atoms with Crippen LogP contribution >= 0.6 is 15.9 Å². The Bertz CT molecular complexity index is 545. The number of hydrogen-bond acceptors (Lipinski definition) is 2. The van der Waals surface area contributed by atoms with Gasteiger partial charge in [-0.3, -0.25) is 4.79 Å². The third kappa shape index (κ3) is 3.13. The first-order valence-corrected chi connectivity index (χ1v) is 7.56. The second-order valence-electron chi connectivity index (χ2n) is 5.81. The lowest BCUT2D eigenvalue weighted by Crippen LogP contribution is -2.65. The van der Waals surface area contributed by atoms with E-state index in [2.05, 4.69) is 15.9 Å². The van der Waals surface area contributed by atoms with Crippen LogP contribution in [0.25, 0.3) is 6.08 Å². The first-order chi connectivity index (χ1) is 9.32. The molecule has 3 nitrogen and oxygen atoms in total. The van der Waals surface area contributed by atoms with Crippen molar-refractivity contribution >= 4 is 27.9 Å². The zero-order chi connectivity index (χ0) is 14.9. The maximum atomic E-state index is 12.0. The second-order valence-corrected chi connectivity index (χ2v) is 6.67. The van der Waals surface area contributed by atoms with E-state index in [1.165, 1.54) is 5.56 Å². The molecule has 1 aliphatic rings. The van der Waals surface area contributed by atoms with Crippen LogP contribution in [0.2, 0.25) is 0 Å². The summed E-state index contributed by atoms with van der Waals surface area (Å²) in [5.74, 6) is 0.115. The van der Waals surface area contributed by atoms with Gasteiger partial charge in [0.25, 0.3) is 0 Å². The molecule has 1 aliphatic heterocycles. The van der Waals surface area contributed by atoms with Crippen molar-refractivity contribution in [2.45, 2.75) is 26.4 Å². The molecular formula is C16H20BrNO2. The van der Waals surface area contributed by atoms with Crippen LogP contribution in [0.5, 0.6) is 0 Å². The van der Waals surface area contributed by atoms with Crippen molar-refractivity contribution in [2.24, 2.45) is 5.92 Å². The second kappa shape index (κ2) is 5.70. The molecule has 0 unspecified atom stereocenters. The first kappa shape index (κ1) is 15.3. The van der Waals surface area contributed by atoms with E-state index in [0.29, 0.717) is 13.1 Å². The smallest absolute Gasteiger partial charge is 0.246 e. The van der Waals surface area contributed by atoms with E-state index in [-0.39, 0.29) is 11.8 Å². The Hall–Kier alpha value is -1.13. The lowest BCUT2D eigenvalue weighted by atomic mass is 9.83. The number of carbonyl (C=O) groups excluding carboxylic acids is 1. The summed E-state index contributed by atoms with van der Waals surface area (Å²) in [6.07, 6.45) is 3.37. The molecule has 0 atom stereocenters. The molecule has 0 bridgehead atoms. The van der Waals surface area contributed by atoms with Crippen molar-refractivity contribution in [1.82, 2.24) is 4.90 Å². The first-order valence-electron chi connectivity index (χ1n) is 6.77. The zero-order valence-corrected chi connectivity index (χ0v) is 13.6. The van der Waals surface area contributed by atoms with Gasteiger partial charge in [0.15, 0.2) is 0 Å². The molecular weight excluding hydrogens is 318 g/mol. The molecule has 4 heteroatoms. The van der Waals surface area contributed by atoms with E-state index >= 15 is 0 Å². The largest absolute Gasteiger partial charge is 0.386 e. The minimum Gasteiger partial charge on any atom is -0.386 e. The van der Waals surface area contributed by atoms with E-state index in [0.717, 1.165) is 10.0 Å². The lowest BCUT2D eigenvalue weighted by Gasteiger charge is -2.48. The van der Waals surface area contributed by atoms with Crippen molar-refractivity contribution in [3.05, 3.63) is 39.9 Å². The Balaban J connectivity index is 1.98. The predicted octanol–water partition coefficient (Wildman–Crippen LogP) is 3.00. The summed E-state index contributed by atoms with van der Waals surface area (Å²) in [6, 6.07) is 6.01. The summed E-state index contributed by atoms with van der Waals surface area (Å²) < 4.78 is 0.976. The summed E-state index contributed by atoms with van der Waals surface area (Å²) in [5, 5.41) is 10.1. The minimum atomic E-state index is -0.714. The Morgan fingerprint density at radius 3 is 2.65 bits per heavy atom. The van der Waals surface area contributed by atoms with Gasteiger partial charge in [0.2, 0.25) is 5.91 Å². The van der Waals surface area contributed by atoms with Gasteiger partial charge in [0.05, 0.1) is 13.1 Å². The van der Waals surface area contributed by atoms with Crippen LogP contribution in [0.3, 0.4) is 0 Å². The highest BCUT2D eigenvalue weighted by atomic mass is 79.9. The zero-order valence-electron chi connectivity index (χ0n) is 12.1. The molecule has 0 saturated carbocycles. The van der Waals surface area contributed by atoms with Crippen LogP contribution in [0.4, 0.5) is 0 Å². The van der Waals surface area contributed by atoms with Crippen molar-refractivity contribution in [1.29, 1.82) is 0 Å². The molecule has 1 fully saturated rings. The summed E-state index contributed by atoms with van der Waals surface area (Å²) in [7, 11) is 0. The fourth-order valence-corrected chi connectivity index (χ4v) is 2.79. The Morgan fingerprint density at radius 2 is 2.10 bits per heavy atom. The minimum absolute atomic E-state index is 0.0530. The summed E-state index contributed by atoms with van der Waals surface area (Å²) >= 11 is 3.49. The molecule has 20 heavy (non-hydrogen) atoms. The lowest BCUT2D eigenvalue weighted by molar-refractivity contribution is -0.158. The Morgan fingerprint density at radius 1 is 1.45 bits per heavy atom. The van der Waals surface area contributed by atoms with Crippen LogP contribution in [0, 0.1) is 12.8 Å². The topological polar surface area (TPSA) is 40.5 Å². The number of hydrogen-bond donors (Lipinski definition) is 1. The number of aliphatic hydroxyl groups is 1. The van der Waals surface area contributed by atoms with Gasteiger partial charge >= 0.3 is 0 Å². The standard InChI is InChI=1S/C16H20BrNO2/c1-11(2)16(20)9-18(10-16)15(19)7-6-13-5-4-12(3)8-14(13)17/h4-8,11,20H,9-10H2,1-3H3. The molecule has 1 amide bonds. The Kier molecular flexibility index (Phi) is 4.35. The van der Waals surface area contributed by atoms with E-state index in [4.69, 9.17) is 0 Å². The average molecular weight is 338 g/mol. The number of benzene rings is 1. The van der Waals surface area contributed by atoms with Gasteiger partial charge in [0, 0.05) is 10.5 Å². The van der Waals surface area contributed by atoms with E-state index in [9.17, 15) is 9.90 Å².